The van der Waals surface area contributed by atoms with Crippen LogP contribution in [-0.2, 0) is 4.79 Å². The second kappa shape index (κ2) is 3.88. The van der Waals surface area contributed by atoms with Crippen molar-refractivity contribution in [2.75, 3.05) is 5.32 Å². The number of fused-ring (bicyclic) bond motifs is 1. The zero-order chi connectivity index (χ0) is 12.7. The summed E-state index contributed by atoms with van der Waals surface area (Å²) in [6.45, 7) is 1.83. The third kappa shape index (κ3) is 1.56. The van der Waals surface area contributed by atoms with Crippen LogP contribution in [0.1, 0.15) is 22.6 Å². The highest BCUT2D eigenvalue weighted by atomic mass is 16.3. The molecular weight excluding hydrogens is 226 g/mol. The predicted octanol–water partition coefficient (Wildman–Crippen LogP) is 2.78. The average molecular weight is 239 g/mol. The van der Waals surface area contributed by atoms with E-state index in [0.29, 0.717) is 0 Å². The Hall–Kier alpha value is -2.29. The van der Waals surface area contributed by atoms with Crippen LogP contribution in [0.5, 0.6) is 5.75 Å². The van der Waals surface area contributed by atoms with Crippen molar-refractivity contribution in [3.63, 3.8) is 0 Å². The average Bonchev–Trinajstić information content (AvgIpc) is 2.69. The van der Waals surface area contributed by atoms with E-state index in [1.807, 2.05) is 37.3 Å². The minimum Gasteiger partial charge on any atom is -0.508 e. The molecule has 0 bridgehead atoms. The third-order valence-electron chi connectivity index (χ3n) is 3.35. The summed E-state index contributed by atoms with van der Waals surface area (Å²) in [7, 11) is 0. The molecule has 3 heteroatoms. The molecular formula is C15H13NO2. The summed E-state index contributed by atoms with van der Waals surface area (Å²) in [5.74, 6) is -0.0350. The lowest BCUT2D eigenvalue weighted by molar-refractivity contribution is -0.116. The van der Waals surface area contributed by atoms with Crippen molar-refractivity contribution in [2.24, 2.45) is 0 Å². The minimum absolute atomic E-state index is 0.0127. The summed E-state index contributed by atoms with van der Waals surface area (Å²) in [4.78, 5) is 12.1. The maximum Gasteiger partial charge on any atom is 0.236 e. The largest absolute Gasteiger partial charge is 0.508 e. The Bertz CT molecular complexity index is 634. The molecule has 2 N–H and O–H groups in total. The number of anilines is 1. The van der Waals surface area contributed by atoms with E-state index in [1.54, 1.807) is 12.1 Å². The van der Waals surface area contributed by atoms with Gasteiger partial charge in [-0.1, -0.05) is 30.3 Å². The van der Waals surface area contributed by atoms with E-state index in [1.165, 1.54) is 0 Å². The number of carbonyl (C=O) groups excluding carboxylic acids is 1. The SMILES string of the molecule is Cc1cc([C@@H]2C(=O)Nc3ccccc32)ccc1O. The Kier molecular flexibility index (Phi) is 2.33. The second-order valence-electron chi connectivity index (χ2n) is 4.56. The van der Waals surface area contributed by atoms with Crippen molar-refractivity contribution < 1.29 is 9.90 Å². The molecule has 1 atom stereocenters. The van der Waals surface area contributed by atoms with Crippen LogP contribution < -0.4 is 5.32 Å². The Labute approximate surface area is 105 Å². The first-order valence-corrected chi connectivity index (χ1v) is 5.86. The van der Waals surface area contributed by atoms with E-state index >= 15 is 0 Å². The molecule has 0 saturated heterocycles. The molecule has 2 aromatic rings. The molecule has 1 heterocycles. The molecule has 0 saturated carbocycles. The summed E-state index contributed by atoms with van der Waals surface area (Å²) in [6.07, 6.45) is 0. The van der Waals surface area contributed by atoms with Crippen molar-refractivity contribution in [1.29, 1.82) is 0 Å². The fourth-order valence-corrected chi connectivity index (χ4v) is 2.40. The fourth-order valence-electron chi connectivity index (χ4n) is 2.40. The van der Waals surface area contributed by atoms with Crippen molar-refractivity contribution >= 4 is 11.6 Å². The normalized spacial score (nSPS) is 17.4. The highest BCUT2D eigenvalue weighted by molar-refractivity contribution is 6.05. The fraction of sp³-hybridized carbons (Fsp3) is 0.133. The van der Waals surface area contributed by atoms with Crippen molar-refractivity contribution in [3.05, 3.63) is 59.2 Å². The van der Waals surface area contributed by atoms with Gasteiger partial charge in [0.1, 0.15) is 5.75 Å². The number of hydrogen-bond acceptors (Lipinski definition) is 2. The molecule has 1 amide bonds. The first-order chi connectivity index (χ1) is 8.66. The van der Waals surface area contributed by atoms with Crippen LogP contribution in [0.15, 0.2) is 42.5 Å². The Morgan fingerprint density at radius 1 is 1.17 bits per heavy atom. The van der Waals surface area contributed by atoms with Crippen LogP contribution in [0.2, 0.25) is 0 Å². The lowest BCUT2D eigenvalue weighted by Crippen LogP contribution is -2.13. The van der Waals surface area contributed by atoms with Gasteiger partial charge in [-0.05, 0) is 35.7 Å². The molecule has 0 fully saturated rings. The molecule has 0 spiro atoms. The van der Waals surface area contributed by atoms with Gasteiger partial charge in [0.25, 0.3) is 0 Å². The number of nitrogens with one attached hydrogen (secondary N) is 1. The number of phenolic OH excluding ortho intramolecular Hbond substituents is 1. The molecule has 0 aromatic heterocycles. The van der Waals surface area contributed by atoms with Crippen molar-refractivity contribution in [1.82, 2.24) is 0 Å². The number of aromatic hydroxyl groups is 1. The smallest absolute Gasteiger partial charge is 0.236 e. The number of carbonyl (C=O) groups is 1. The molecule has 1 aliphatic rings. The lowest BCUT2D eigenvalue weighted by atomic mass is 9.91. The molecule has 3 nitrogen and oxygen atoms in total. The zero-order valence-electron chi connectivity index (χ0n) is 9.97. The monoisotopic (exact) mass is 239 g/mol. The van der Waals surface area contributed by atoms with Gasteiger partial charge < -0.3 is 10.4 Å². The van der Waals surface area contributed by atoms with Crippen LogP contribution in [0.25, 0.3) is 0 Å². The first kappa shape index (κ1) is 10.8. The van der Waals surface area contributed by atoms with E-state index in [9.17, 15) is 9.90 Å². The maximum atomic E-state index is 12.1. The topological polar surface area (TPSA) is 49.3 Å². The van der Waals surface area contributed by atoms with Crippen LogP contribution in [0, 0.1) is 6.92 Å². The minimum atomic E-state index is -0.277. The maximum absolute atomic E-state index is 12.1. The molecule has 2 aromatic carbocycles. The van der Waals surface area contributed by atoms with Crippen LogP contribution in [0.3, 0.4) is 0 Å². The van der Waals surface area contributed by atoms with E-state index in [2.05, 4.69) is 5.32 Å². The summed E-state index contributed by atoms with van der Waals surface area (Å²) < 4.78 is 0. The lowest BCUT2D eigenvalue weighted by Gasteiger charge is -2.10. The van der Waals surface area contributed by atoms with Gasteiger partial charge in [0.15, 0.2) is 0 Å². The first-order valence-electron chi connectivity index (χ1n) is 5.86. The standard InChI is InChI=1S/C15H13NO2/c1-9-8-10(6-7-13(9)17)14-11-4-2-3-5-12(11)16-15(14)18/h2-8,14,17H,1H3,(H,16,18)/t14-/m0/s1. The van der Waals surface area contributed by atoms with Gasteiger partial charge in [-0.25, -0.2) is 0 Å². The zero-order valence-corrected chi connectivity index (χ0v) is 9.97. The number of amides is 1. The third-order valence-corrected chi connectivity index (χ3v) is 3.35. The summed E-state index contributed by atoms with van der Waals surface area (Å²) in [6, 6.07) is 13.0. The van der Waals surface area contributed by atoms with Gasteiger partial charge >= 0.3 is 0 Å². The van der Waals surface area contributed by atoms with Gasteiger partial charge in [0.2, 0.25) is 5.91 Å². The molecule has 1 aliphatic heterocycles. The van der Waals surface area contributed by atoms with Crippen LogP contribution in [0.4, 0.5) is 5.69 Å². The second-order valence-corrected chi connectivity index (χ2v) is 4.56. The van der Waals surface area contributed by atoms with Gasteiger partial charge in [0, 0.05) is 5.69 Å². The van der Waals surface area contributed by atoms with Gasteiger partial charge in [-0.15, -0.1) is 0 Å². The summed E-state index contributed by atoms with van der Waals surface area (Å²) in [5.41, 5.74) is 3.56. The van der Waals surface area contributed by atoms with E-state index in [-0.39, 0.29) is 17.6 Å². The number of para-hydroxylation sites is 1. The number of benzene rings is 2. The summed E-state index contributed by atoms with van der Waals surface area (Å²) in [5, 5.41) is 12.4. The molecule has 18 heavy (non-hydrogen) atoms. The number of phenols is 1. The van der Waals surface area contributed by atoms with Gasteiger partial charge in [0.05, 0.1) is 5.92 Å². The Morgan fingerprint density at radius 3 is 2.72 bits per heavy atom. The molecule has 90 valence electrons. The van der Waals surface area contributed by atoms with Crippen LogP contribution in [-0.4, -0.2) is 11.0 Å². The van der Waals surface area contributed by atoms with E-state index in [4.69, 9.17) is 0 Å². The number of hydrogen-bond donors (Lipinski definition) is 2. The molecule has 0 unspecified atom stereocenters. The van der Waals surface area contributed by atoms with Crippen LogP contribution >= 0.6 is 0 Å². The van der Waals surface area contributed by atoms with Gasteiger partial charge in [-0.3, -0.25) is 4.79 Å². The van der Waals surface area contributed by atoms with E-state index < -0.39 is 0 Å². The highest BCUT2D eigenvalue weighted by Gasteiger charge is 2.31. The van der Waals surface area contributed by atoms with E-state index in [0.717, 1.165) is 22.4 Å². The number of rotatable bonds is 1. The Morgan fingerprint density at radius 2 is 1.94 bits per heavy atom. The number of aryl methyl sites for hydroxylation is 1. The molecule has 0 aliphatic carbocycles. The highest BCUT2D eigenvalue weighted by Crippen LogP contribution is 2.37. The molecule has 0 radical (unpaired) electrons. The Balaban J connectivity index is 2.11. The van der Waals surface area contributed by atoms with Crippen molar-refractivity contribution in [3.8, 4) is 5.75 Å². The van der Waals surface area contributed by atoms with Gasteiger partial charge in [-0.2, -0.15) is 0 Å². The van der Waals surface area contributed by atoms with Crippen molar-refractivity contribution in [2.45, 2.75) is 12.8 Å². The molecule has 3 rings (SSSR count). The summed E-state index contributed by atoms with van der Waals surface area (Å²) >= 11 is 0. The predicted molar refractivity (Wildman–Crippen MR) is 69.8 cm³/mol. The quantitative estimate of drug-likeness (QED) is 0.804.